The van der Waals surface area contributed by atoms with Gasteiger partial charge in [-0.25, -0.2) is 0 Å². The molecule has 1 radical (unpaired) electrons. The fraction of sp³-hybridized carbons (Fsp3) is 0.236. The first-order valence-electron chi connectivity index (χ1n) is 21.4. The number of benzene rings is 6. The summed E-state index contributed by atoms with van der Waals surface area (Å²) in [6, 6.07) is 53.4. The van der Waals surface area contributed by atoms with E-state index in [0.717, 1.165) is 62.0 Å². The van der Waals surface area contributed by atoms with Gasteiger partial charge in [-0.15, -0.1) is 23.8 Å². The van der Waals surface area contributed by atoms with Crippen molar-refractivity contribution in [1.82, 2.24) is 14.5 Å². The van der Waals surface area contributed by atoms with Crippen LogP contribution in [0, 0.1) is 18.1 Å². The molecule has 0 N–H and O–H groups in total. The van der Waals surface area contributed by atoms with E-state index >= 15 is 0 Å². The first kappa shape index (κ1) is 44.0. The SMILES string of the molecule is CC(C)Cc1cc(-c2[c-]ccc(-c3ccccc3)c2)nc[c]1[Ge]([CH3])([CH3])[CH3].CC(C)c1cccc(C(C)C)c1-n1c(-c2[c-]cc3oc4ccccc4c3c2)nc2ccccc21.[Ir]. The summed E-state index contributed by atoms with van der Waals surface area (Å²) in [5.41, 5.74) is 14.7. The number of nitrogens with zero attached hydrogens (tertiary/aromatic N) is 3. The zero-order chi connectivity index (χ0) is 42.1. The Morgan fingerprint density at radius 1 is 0.656 bits per heavy atom. The molecule has 9 rings (SSSR count). The van der Waals surface area contributed by atoms with Gasteiger partial charge in [-0.1, -0.05) is 81.6 Å². The van der Waals surface area contributed by atoms with Gasteiger partial charge >= 0.3 is 161 Å². The second kappa shape index (κ2) is 18.5. The molecule has 6 aromatic carbocycles. The third-order valence-corrected chi connectivity index (χ3v) is 15.6. The molecule has 0 aliphatic carbocycles. The van der Waals surface area contributed by atoms with Crippen molar-refractivity contribution in [2.75, 3.05) is 0 Å². The van der Waals surface area contributed by atoms with E-state index in [9.17, 15) is 0 Å². The predicted molar refractivity (Wildman–Crippen MR) is 256 cm³/mol. The van der Waals surface area contributed by atoms with Gasteiger partial charge < -0.3 is 8.98 Å². The van der Waals surface area contributed by atoms with Crippen LogP contribution in [0.1, 0.15) is 70.1 Å². The molecule has 3 heterocycles. The Kier molecular flexibility index (Phi) is 13.3. The molecule has 0 saturated carbocycles. The number of rotatable bonds is 9. The molecule has 0 aliphatic rings. The molecule has 0 unspecified atom stereocenters. The van der Waals surface area contributed by atoms with Crippen LogP contribution in [0.5, 0.6) is 0 Å². The minimum Gasteiger partial charge on any atom is -0.500 e. The van der Waals surface area contributed by atoms with Gasteiger partial charge in [-0.3, -0.25) is 4.98 Å². The number of imidazole rings is 1. The summed E-state index contributed by atoms with van der Waals surface area (Å²) in [6.45, 7) is 13.6. The molecule has 0 aliphatic heterocycles. The van der Waals surface area contributed by atoms with Crippen LogP contribution in [0.25, 0.3) is 72.4 Å². The van der Waals surface area contributed by atoms with Crippen molar-refractivity contribution in [3.8, 4) is 39.5 Å². The average molecular weight is 1040 g/mol. The predicted octanol–water partition coefficient (Wildman–Crippen LogP) is 14.6. The van der Waals surface area contributed by atoms with E-state index in [0.29, 0.717) is 17.8 Å². The van der Waals surface area contributed by atoms with E-state index in [1.807, 2.05) is 24.3 Å². The number of fused-ring (bicyclic) bond motifs is 4. The second-order valence-electron chi connectivity index (χ2n) is 18.0. The molecule has 61 heavy (non-hydrogen) atoms. The Balaban J connectivity index is 0.000000188. The molecule has 9 aromatic rings. The Bertz CT molecular complexity index is 2910. The molecule has 0 spiro atoms. The zero-order valence-electron chi connectivity index (χ0n) is 36.8. The first-order chi connectivity index (χ1) is 28.9. The minimum absolute atomic E-state index is 0. The molecule has 0 saturated heterocycles. The number of hydrogen-bond acceptors (Lipinski definition) is 3. The van der Waals surface area contributed by atoms with Crippen molar-refractivity contribution in [2.45, 2.75) is 77.1 Å². The summed E-state index contributed by atoms with van der Waals surface area (Å²) >= 11 is -1.93. The minimum atomic E-state index is -1.93. The Labute approximate surface area is 378 Å². The van der Waals surface area contributed by atoms with Crippen molar-refractivity contribution in [3.63, 3.8) is 0 Å². The number of aromatic nitrogens is 3. The monoisotopic (exact) mass is 1040 g/mol. The first-order valence-corrected chi connectivity index (χ1v) is 28.7. The Hall–Kier alpha value is -5.07. The Morgan fingerprint density at radius 3 is 2.05 bits per heavy atom. The number of hydrogen-bond donors (Lipinski definition) is 0. The summed E-state index contributed by atoms with van der Waals surface area (Å²) in [4.78, 5) is 9.97. The molecule has 3 aromatic heterocycles. The number of pyridine rings is 1. The quantitative estimate of drug-likeness (QED) is 0.107. The smallest absolute Gasteiger partial charge is 0.120 e. The molecule has 0 amide bonds. The van der Waals surface area contributed by atoms with Gasteiger partial charge in [-0.2, -0.15) is 0 Å². The van der Waals surface area contributed by atoms with Crippen LogP contribution in [-0.2, 0) is 26.5 Å². The number of para-hydroxylation sites is 4. The van der Waals surface area contributed by atoms with E-state index in [1.54, 1.807) is 0 Å². The van der Waals surface area contributed by atoms with Gasteiger partial charge in [0.15, 0.2) is 0 Å². The standard InChI is InChI=1S/C31H27N2O.C24H28GeN.Ir/c1-19(2)22-11-9-12-23(20(3)4)30(22)33-27-14-7-6-13-26(27)32-31(33)21-16-17-29-25(18-21)24-10-5-8-15-28(24)34-29;1-18(2)14-22-16-24(26-17-23(22)25(3,4)5)21-13-9-12-20(15-21)19-10-7-6-8-11-19;/h5-15,17-20H,1-4H3;6-12,15-18H,14H2,1-5H3;/q2*-1;. The van der Waals surface area contributed by atoms with E-state index in [2.05, 4.69) is 191 Å². The number of furan rings is 1. The largest absolute Gasteiger partial charge is 0.500 e. The van der Waals surface area contributed by atoms with E-state index in [-0.39, 0.29) is 20.1 Å². The third-order valence-electron chi connectivity index (χ3n) is 11.3. The van der Waals surface area contributed by atoms with E-state index in [4.69, 9.17) is 14.4 Å². The van der Waals surface area contributed by atoms with Gasteiger partial charge in [0.25, 0.3) is 0 Å². The molecule has 0 bridgehead atoms. The fourth-order valence-corrected chi connectivity index (χ4v) is 11.7. The van der Waals surface area contributed by atoms with Gasteiger partial charge in [0.05, 0.1) is 22.4 Å². The molecule has 311 valence electrons. The third kappa shape index (κ3) is 9.26. The maximum Gasteiger partial charge on any atom is 0.120 e. The van der Waals surface area contributed by atoms with Crippen LogP contribution in [0.2, 0.25) is 17.3 Å². The molecule has 6 heteroatoms. The van der Waals surface area contributed by atoms with Crippen molar-refractivity contribution in [3.05, 3.63) is 168 Å². The normalized spacial score (nSPS) is 11.7. The molecular formula is C55H55GeIrN3O-2. The summed E-state index contributed by atoms with van der Waals surface area (Å²) in [6.07, 6.45) is 3.27. The summed E-state index contributed by atoms with van der Waals surface area (Å²) in [5.74, 6) is 9.66. The van der Waals surface area contributed by atoms with Gasteiger partial charge in [0, 0.05) is 31.2 Å². The van der Waals surface area contributed by atoms with Crippen LogP contribution in [0.3, 0.4) is 0 Å². The van der Waals surface area contributed by atoms with Crippen LogP contribution < -0.4 is 4.40 Å². The molecule has 0 atom stereocenters. The van der Waals surface area contributed by atoms with Crippen LogP contribution in [-0.4, -0.2) is 27.8 Å². The maximum absolute atomic E-state index is 6.06. The van der Waals surface area contributed by atoms with E-state index in [1.165, 1.54) is 37.9 Å². The zero-order valence-corrected chi connectivity index (χ0v) is 41.3. The molecule has 0 fully saturated rings. The van der Waals surface area contributed by atoms with E-state index < -0.39 is 13.3 Å². The fourth-order valence-electron chi connectivity index (χ4n) is 8.35. The average Bonchev–Trinajstić information content (AvgIpc) is 3.82. The van der Waals surface area contributed by atoms with Gasteiger partial charge in [-0.05, 0) is 41.2 Å². The van der Waals surface area contributed by atoms with Gasteiger partial charge in [0.2, 0.25) is 0 Å². The molecular weight excluding hydrogens is 983 g/mol. The van der Waals surface area contributed by atoms with Crippen LogP contribution >= 0.6 is 0 Å². The molecule has 4 nitrogen and oxygen atoms in total. The van der Waals surface area contributed by atoms with Crippen LogP contribution in [0.4, 0.5) is 0 Å². The summed E-state index contributed by atoms with van der Waals surface area (Å²) in [5, 5.41) is 2.20. The van der Waals surface area contributed by atoms with Crippen molar-refractivity contribution >= 4 is 50.6 Å². The second-order valence-corrected chi connectivity index (χ2v) is 28.6. The van der Waals surface area contributed by atoms with Gasteiger partial charge in [0.1, 0.15) is 5.58 Å². The van der Waals surface area contributed by atoms with Crippen molar-refractivity contribution in [2.24, 2.45) is 5.92 Å². The summed E-state index contributed by atoms with van der Waals surface area (Å²) in [7, 11) is 0. The van der Waals surface area contributed by atoms with Crippen LogP contribution in [0.15, 0.2) is 144 Å². The Morgan fingerprint density at radius 2 is 1.34 bits per heavy atom. The topological polar surface area (TPSA) is 43.9 Å². The van der Waals surface area contributed by atoms with Crippen molar-refractivity contribution < 1.29 is 24.5 Å². The summed E-state index contributed by atoms with van der Waals surface area (Å²) < 4.78 is 9.94. The van der Waals surface area contributed by atoms with Crippen molar-refractivity contribution in [1.29, 1.82) is 0 Å². The maximum atomic E-state index is 6.06.